The smallest absolute Gasteiger partial charge is 0.326 e. The normalized spacial score (nSPS) is 21.9. The number of carboxylic acids is 1. The van der Waals surface area contributed by atoms with Gasteiger partial charge in [-0.15, -0.1) is 0 Å². The Hall–Kier alpha value is -1.27. The maximum Gasteiger partial charge on any atom is 0.326 e. The Labute approximate surface area is 130 Å². The van der Waals surface area contributed by atoms with Crippen LogP contribution in [0.5, 0.6) is 0 Å². The van der Waals surface area contributed by atoms with Crippen LogP contribution in [0.4, 0.5) is 10.5 Å². The number of amides is 2. The Kier molecular flexibility index (Phi) is 4.55. The average Bonchev–Trinajstić information content (AvgIpc) is 2.74. The lowest BCUT2D eigenvalue weighted by molar-refractivity contribution is -0.142. The van der Waals surface area contributed by atoms with Crippen molar-refractivity contribution in [2.75, 3.05) is 11.9 Å². The molecule has 0 aromatic heterocycles. The zero-order valence-corrected chi connectivity index (χ0v) is 13.1. The molecular weight excluding hydrogens is 348 g/mol. The zero-order chi connectivity index (χ0) is 14.9. The number of rotatable bonds is 2. The minimum absolute atomic E-state index is 0.0492. The minimum atomic E-state index is -0.972. The number of hydrogen-bond acceptors (Lipinski definition) is 2. The van der Waals surface area contributed by atoms with E-state index in [-0.39, 0.29) is 5.92 Å². The maximum atomic E-state index is 12.2. The highest BCUT2D eigenvalue weighted by molar-refractivity contribution is 9.10. The van der Waals surface area contributed by atoms with Crippen molar-refractivity contribution < 1.29 is 14.7 Å². The first kappa shape index (κ1) is 15.1. The third kappa shape index (κ3) is 3.07. The number of urea groups is 1. The number of halogens is 2. The lowest BCUT2D eigenvalue weighted by atomic mass is 10.0. The van der Waals surface area contributed by atoms with E-state index >= 15 is 0 Å². The van der Waals surface area contributed by atoms with Crippen LogP contribution in [0, 0.1) is 5.92 Å². The van der Waals surface area contributed by atoms with E-state index in [1.807, 2.05) is 6.92 Å². The third-order valence-corrected chi connectivity index (χ3v) is 4.28. The van der Waals surface area contributed by atoms with Crippen molar-refractivity contribution in [1.82, 2.24) is 4.90 Å². The molecule has 0 aliphatic carbocycles. The Morgan fingerprint density at radius 1 is 1.50 bits per heavy atom. The van der Waals surface area contributed by atoms with E-state index in [0.717, 1.165) is 0 Å². The molecule has 1 heterocycles. The fourth-order valence-electron chi connectivity index (χ4n) is 2.33. The van der Waals surface area contributed by atoms with Crippen LogP contribution in [0.1, 0.15) is 13.3 Å². The first-order valence-corrected chi connectivity index (χ1v) is 7.32. The Bertz CT molecular complexity index is 552. The number of nitrogens with one attached hydrogen (secondary N) is 1. The average molecular weight is 362 g/mol. The van der Waals surface area contributed by atoms with Gasteiger partial charge in [-0.3, -0.25) is 0 Å². The molecule has 0 bridgehead atoms. The lowest BCUT2D eigenvalue weighted by Crippen LogP contribution is -2.44. The van der Waals surface area contributed by atoms with E-state index in [9.17, 15) is 14.7 Å². The van der Waals surface area contributed by atoms with Gasteiger partial charge in [-0.2, -0.15) is 0 Å². The van der Waals surface area contributed by atoms with Gasteiger partial charge >= 0.3 is 12.0 Å². The Balaban J connectivity index is 2.14. The SMILES string of the molecule is CC1CCN(C(=O)Nc2ccc(Cl)cc2Br)C1C(=O)O. The highest BCUT2D eigenvalue weighted by Gasteiger charge is 2.39. The zero-order valence-electron chi connectivity index (χ0n) is 10.8. The molecule has 2 rings (SSSR count). The van der Waals surface area contributed by atoms with Gasteiger partial charge in [0.15, 0.2) is 0 Å². The molecule has 1 aromatic rings. The van der Waals surface area contributed by atoms with Gasteiger partial charge in [0.1, 0.15) is 6.04 Å². The van der Waals surface area contributed by atoms with Crippen LogP contribution >= 0.6 is 27.5 Å². The summed E-state index contributed by atoms with van der Waals surface area (Å²) in [6.45, 7) is 2.28. The molecule has 1 aliphatic rings. The third-order valence-electron chi connectivity index (χ3n) is 3.39. The number of carbonyl (C=O) groups is 2. The van der Waals surface area contributed by atoms with Crippen LogP contribution in [-0.2, 0) is 4.79 Å². The molecule has 2 atom stereocenters. The van der Waals surface area contributed by atoms with Crippen molar-refractivity contribution in [1.29, 1.82) is 0 Å². The number of nitrogens with zero attached hydrogens (tertiary/aromatic N) is 1. The van der Waals surface area contributed by atoms with Gasteiger partial charge < -0.3 is 15.3 Å². The molecule has 2 N–H and O–H groups in total. The summed E-state index contributed by atoms with van der Waals surface area (Å²) in [5.41, 5.74) is 0.558. The first-order valence-electron chi connectivity index (χ1n) is 6.15. The van der Waals surface area contributed by atoms with E-state index in [4.69, 9.17) is 11.6 Å². The number of aliphatic carboxylic acids is 1. The van der Waals surface area contributed by atoms with Crippen LogP contribution in [0.25, 0.3) is 0 Å². The fraction of sp³-hybridized carbons (Fsp3) is 0.385. The second-order valence-corrected chi connectivity index (χ2v) is 6.09. The second kappa shape index (κ2) is 6.01. The molecule has 2 unspecified atom stereocenters. The maximum absolute atomic E-state index is 12.2. The largest absolute Gasteiger partial charge is 0.480 e. The van der Waals surface area contributed by atoms with E-state index in [1.165, 1.54) is 4.90 Å². The Morgan fingerprint density at radius 2 is 2.20 bits per heavy atom. The molecule has 0 spiro atoms. The minimum Gasteiger partial charge on any atom is -0.480 e. The number of hydrogen-bond donors (Lipinski definition) is 2. The van der Waals surface area contributed by atoms with Crippen molar-refractivity contribution >= 4 is 45.2 Å². The molecule has 2 amide bonds. The highest BCUT2D eigenvalue weighted by Crippen LogP contribution is 2.28. The van der Waals surface area contributed by atoms with Gasteiger partial charge in [-0.05, 0) is 46.5 Å². The van der Waals surface area contributed by atoms with Gasteiger partial charge in [0.2, 0.25) is 0 Å². The monoisotopic (exact) mass is 360 g/mol. The van der Waals surface area contributed by atoms with E-state index in [1.54, 1.807) is 18.2 Å². The summed E-state index contributed by atoms with van der Waals surface area (Å²) >= 11 is 9.14. The molecular formula is C13H14BrClN2O3. The summed E-state index contributed by atoms with van der Waals surface area (Å²) in [5.74, 6) is -1.02. The van der Waals surface area contributed by atoms with Crippen molar-refractivity contribution in [2.45, 2.75) is 19.4 Å². The standard InChI is InChI=1S/C13H14BrClN2O3/c1-7-4-5-17(11(7)12(18)19)13(20)16-10-3-2-8(15)6-9(10)14/h2-3,6-7,11H,4-5H2,1H3,(H,16,20)(H,18,19). The molecule has 20 heavy (non-hydrogen) atoms. The van der Waals surface area contributed by atoms with Crippen molar-refractivity contribution in [2.24, 2.45) is 5.92 Å². The molecule has 108 valence electrons. The molecule has 1 saturated heterocycles. The van der Waals surface area contributed by atoms with E-state index in [0.29, 0.717) is 28.1 Å². The molecule has 5 nitrogen and oxygen atoms in total. The van der Waals surface area contributed by atoms with Crippen LogP contribution < -0.4 is 5.32 Å². The number of likely N-dealkylation sites (tertiary alicyclic amines) is 1. The Morgan fingerprint density at radius 3 is 2.80 bits per heavy atom. The molecule has 0 saturated carbocycles. The van der Waals surface area contributed by atoms with Crippen molar-refractivity contribution in [3.63, 3.8) is 0 Å². The summed E-state index contributed by atoms with van der Waals surface area (Å²) in [5, 5.41) is 12.5. The number of benzene rings is 1. The quantitative estimate of drug-likeness (QED) is 0.848. The van der Waals surface area contributed by atoms with Crippen LogP contribution in [0.15, 0.2) is 22.7 Å². The fourth-order valence-corrected chi connectivity index (χ4v) is 3.11. The summed E-state index contributed by atoms with van der Waals surface area (Å²) in [6, 6.07) is 3.80. The van der Waals surface area contributed by atoms with Gasteiger partial charge in [-0.25, -0.2) is 9.59 Å². The topological polar surface area (TPSA) is 69.6 Å². The predicted octanol–water partition coefficient (Wildman–Crippen LogP) is 3.43. The van der Waals surface area contributed by atoms with Crippen molar-refractivity contribution in [3.8, 4) is 0 Å². The predicted molar refractivity (Wildman–Crippen MR) is 80.1 cm³/mol. The van der Waals surface area contributed by atoms with Crippen LogP contribution in [0.2, 0.25) is 5.02 Å². The van der Waals surface area contributed by atoms with Gasteiger partial charge in [-0.1, -0.05) is 18.5 Å². The molecule has 7 heteroatoms. The number of carbonyl (C=O) groups excluding carboxylic acids is 1. The summed E-state index contributed by atoms with van der Waals surface area (Å²) in [6.07, 6.45) is 0.687. The van der Waals surface area contributed by atoms with Crippen LogP contribution in [0.3, 0.4) is 0 Å². The van der Waals surface area contributed by atoms with Gasteiger partial charge in [0, 0.05) is 16.0 Å². The van der Waals surface area contributed by atoms with Crippen molar-refractivity contribution in [3.05, 3.63) is 27.7 Å². The highest BCUT2D eigenvalue weighted by atomic mass is 79.9. The number of carboxylic acid groups (broad SMARTS) is 1. The van der Waals surface area contributed by atoms with Crippen LogP contribution in [-0.4, -0.2) is 34.6 Å². The summed E-state index contributed by atoms with van der Waals surface area (Å²) in [4.78, 5) is 24.8. The summed E-state index contributed by atoms with van der Waals surface area (Å²) < 4.78 is 0.650. The molecule has 1 aliphatic heterocycles. The van der Waals surface area contributed by atoms with Gasteiger partial charge in [0.05, 0.1) is 5.69 Å². The molecule has 1 aromatic carbocycles. The van der Waals surface area contributed by atoms with E-state index in [2.05, 4.69) is 21.2 Å². The second-order valence-electron chi connectivity index (χ2n) is 4.80. The van der Waals surface area contributed by atoms with E-state index < -0.39 is 18.0 Å². The molecule has 0 radical (unpaired) electrons. The molecule has 1 fully saturated rings. The van der Waals surface area contributed by atoms with Gasteiger partial charge in [0.25, 0.3) is 0 Å². The first-order chi connectivity index (χ1) is 9.40. The summed E-state index contributed by atoms with van der Waals surface area (Å²) in [7, 11) is 0. The number of anilines is 1. The lowest BCUT2D eigenvalue weighted by Gasteiger charge is -2.24.